The van der Waals surface area contributed by atoms with Crippen molar-refractivity contribution in [2.45, 2.75) is 68.3 Å². The second-order valence-corrected chi connectivity index (χ2v) is 15.7. The zero-order valence-corrected chi connectivity index (χ0v) is 33.4. The van der Waals surface area contributed by atoms with Crippen LogP contribution < -0.4 is 16.4 Å². The number of carbonyl (C=O) groups is 2. The topological polar surface area (TPSA) is 164 Å². The molecule has 57 heavy (non-hydrogen) atoms. The van der Waals surface area contributed by atoms with E-state index in [-0.39, 0.29) is 23.8 Å². The van der Waals surface area contributed by atoms with Crippen molar-refractivity contribution in [1.29, 1.82) is 0 Å². The lowest BCUT2D eigenvalue weighted by atomic mass is 10.0. The molecule has 0 bridgehead atoms. The number of rotatable bonds is 10. The molecule has 1 fully saturated rings. The maximum atomic E-state index is 13.6. The highest BCUT2D eigenvalue weighted by Gasteiger charge is 2.37. The smallest absolute Gasteiger partial charge is 0.407 e. The third-order valence-electron chi connectivity index (χ3n) is 9.84. The fourth-order valence-corrected chi connectivity index (χ4v) is 7.57. The first kappa shape index (κ1) is 38.9. The van der Waals surface area contributed by atoms with Crippen molar-refractivity contribution in [3.8, 4) is 23.1 Å². The van der Waals surface area contributed by atoms with Gasteiger partial charge in [-0.3, -0.25) is 4.79 Å². The molecular formula is C44H45N9O3S. The summed E-state index contributed by atoms with van der Waals surface area (Å²) in [5.74, 6) is 8.06. The number of nitrogens with one attached hydrogen (secondary N) is 3. The Morgan fingerprint density at radius 3 is 2.44 bits per heavy atom. The van der Waals surface area contributed by atoms with Gasteiger partial charge in [-0.05, 0) is 97.0 Å². The quantitative estimate of drug-likeness (QED) is 0.0784. The van der Waals surface area contributed by atoms with Crippen molar-refractivity contribution in [2.75, 3.05) is 24.7 Å². The van der Waals surface area contributed by atoms with Crippen LogP contribution in [0.4, 0.5) is 22.0 Å². The molecule has 3 aromatic carbocycles. The van der Waals surface area contributed by atoms with Crippen molar-refractivity contribution in [2.24, 2.45) is 5.92 Å². The van der Waals surface area contributed by atoms with E-state index in [1.807, 2.05) is 86.6 Å². The number of likely N-dealkylation sites (tertiary alicyclic amines) is 1. The predicted octanol–water partition coefficient (Wildman–Crippen LogP) is 8.46. The highest BCUT2D eigenvalue weighted by Crippen LogP contribution is 2.37. The Morgan fingerprint density at radius 2 is 1.70 bits per heavy atom. The SMILES string of the molecule is COC(=O)N[C@H](C(=O)N1CCC[C@H]1c1ncc(-c2ccc(C#Cc3ccc(Sc4ccc(N)cc4)c(Nc4ncnc5nc(C(C)C)ccc45)c3)cc2)[nH]1)C(C)C. The number of fused-ring (bicyclic) bond motifs is 1. The van der Waals surface area contributed by atoms with Crippen LogP contribution in [0.5, 0.6) is 0 Å². The average Bonchev–Trinajstić information content (AvgIpc) is 3.91. The number of imidazole rings is 1. The number of pyridine rings is 1. The number of benzene rings is 3. The van der Waals surface area contributed by atoms with Crippen LogP contribution in [0, 0.1) is 17.8 Å². The molecule has 4 heterocycles. The highest BCUT2D eigenvalue weighted by atomic mass is 32.2. The molecule has 2 atom stereocenters. The van der Waals surface area contributed by atoms with E-state index >= 15 is 0 Å². The van der Waals surface area contributed by atoms with Crippen LogP contribution in [-0.2, 0) is 9.53 Å². The lowest BCUT2D eigenvalue weighted by Gasteiger charge is -2.30. The first-order valence-electron chi connectivity index (χ1n) is 18.9. The summed E-state index contributed by atoms with van der Waals surface area (Å²) in [5, 5.41) is 7.08. The fraction of sp³-hybridized carbons (Fsp3) is 0.273. The molecule has 5 N–H and O–H groups in total. The minimum absolute atomic E-state index is 0.106. The van der Waals surface area contributed by atoms with Crippen molar-refractivity contribution in [3.05, 3.63) is 114 Å². The molecule has 3 aromatic heterocycles. The third kappa shape index (κ3) is 9.03. The molecule has 1 aliphatic rings. The normalized spacial score (nSPS) is 14.4. The molecule has 2 amide bonds. The summed E-state index contributed by atoms with van der Waals surface area (Å²) in [4.78, 5) is 51.3. The standard InChI is InChI=1S/C44H45N9O3S/c1-26(2)34-20-19-33-40(49-34)47-25-48-41(33)50-35-23-29(12-21-38(35)57-32-17-15-31(45)16-18-32)9-8-28-10-13-30(14-11-28)36-24-46-42(51-36)37-7-6-22-53(37)43(54)39(27(3)4)52-44(55)56-5/h10-21,23-27,37,39H,6-7,22,45H2,1-5H3,(H,46,51)(H,52,55)(H,47,48,49,50)/t37-,39-/m0/s1. The average molecular weight is 780 g/mol. The van der Waals surface area contributed by atoms with Crippen LogP contribution in [0.25, 0.3) is 22.3 Å². The van der Waals surface area contributed by atoms with E-state index in [0.29, 0.717) is 29.5 Å². The Labute approximate surface area is 336 Å². The third-order valence-corrected chi connectivity index (χ3v) is 10.9. The molecule has 0 unspecified atom stereocenters. The summed E-state index contributed by atoms with van der Waals surface area (Å²) in [6.07, 6.45) is 4.33. The number of hydrogen-bond donors (Lipinski definition) is 4. The first-order chi connectivity index (χ1) is 27.6. The number of nitrogens with two attached hydrogens (primary N) is 1. The molecule has 6 aromatic rings. The Kier molecular flexibility index (Phi) is 11.7. The zero-order valence-electron chi connectivity index (χ0n) is 32.5. The Bertz CT molecular complexity index is 2450. The summed E-state index contributed by atoms with van der Waals surface area (Å²) in [6.45, 7) is 8.62. The van der Waals surface area contributed by atoms with Gasteiger partial charge in [0.15, 0.2) is 5.65 Å². The van der Waals surface area contributed by atoms with E-state index < -0.39 is 12.1 Å². The van der Waals surface area contributed by atoms with Crippen LogP contribution in [-0.4, -0.2) is 61.5 Å². The minimum atomic E-state index is -0.690. The summed E-state index contributed by atoms with van der Waals surface area (Å²) in [7, 11) is 1.29. The number of nitrogen functional groups attached to an aromatic ring is 1. The van der Waals surface area contributed by atoms with Crippen molar-refractivity contribution < 1.29 is 14.3 Å². The molecule has 1 aliphatic heterocycles. The second kappa shape index (κ2) is 17.2. The summed E-state index contributed by atoms with van der Waals surface area (Å²) in [5.41, 5.74) is 12.6. The summed E-state index contributed by atoms with van der Waals surface area (Å²) >= 11 is 1.62. The molecule has 7 rings (SSSR count). The Hall–Kier alpha value is -6.39. The first-order valence-corrected chi connectivity index (χ1v) is 19.8. The lowest BCUT2D eigenvalue weighted by molar-refractivity contribution is -0.135. The van der Waals surface area contributed by atoms with Gasteiger partial charge < -0.3 is 31.0 Å². The van der Waals surface area contributed by atoms with Crippen LogP contribution in [0.2, 0.25) is 0 Å². The van der Waals surface area contributed by atoms with E-state index in [1.54, 1.807) is 22.9 Å². The van der Waals surface area contributed by atoms with E-state index in [1.165, 1.54) is 13.4 Å². The fourth-order valence-electron chi connectivity index (χ4n) is 6.69. The van der Waals surface area contributed by atoms with Gasteiger partial charge >= 0.3 is 6.09 Å². The van der Waals surface area contributed by atoms with E-state index in [2.05, 4.69) is 62.3 Å². The molecule has 1 saturated heterocycles. The summed E-state index contributed by atoms with van der Waals surface area (Å²) in [6, 6.07) is 25.0. The van der Waals surface area contributed by atoms with Gasteiger partial charge in [-0.15, -0.1) is 0 Å². The van der Waals surface area contributed by atoms with Gasteiger partial charge in [0.1, 0.15) is 24.0 Å². The monoisotopic (exact) mass is 779 g/mol. The number of aromatic nitrogens is 5. The van der Waals surface area contributed by atoms with E-state index in [9.17, 15) is 9.59 Å². The van der Waals surface area contributed by atoms with Gasteiger partial charge in [-0.1, -0.05) is 63.4 Å². The summed E-state index contributed by atoms with van der Waals surface area (Å²) < 4.78 is 4.76. The van der Waals surface area contributed by atoms with Gasteiger partial charge in [-0.2, -0.15) is 0 Å². The number of H-pyrrole nitrogens is 1. The number of aromatic amines is 1. The minimum Gasteiger partial charge on any atom is -0.453 e. The molecule has 13 heteroatoms. The molecule has 290 valence electrons. The van der Waals surface area contributed by atoms with Crippen molar-refractivity contribution in [1.82, 2.24) is 35.1 Å². The number of hydrogen-bond acceptors (Lipinski definition) is 10. The maximum absolute atomic E-state index is 13.6. The van der Waals surface area contributed by atoms with Crippen LogP contribution in [0.1, 0.15) is 75.1 Å². The number of methoxy groups -OCH3 is 1. The number of amides is 2. The molecule has 12 nitrogen and oxygen atoms in total. The highest BCUT2D eigenvalue weighted by molar-refractivity contribution is 7.99. The zero-order chi connectivity index (χ0) is 40.1. The predicted molar refractivity (Wildman–Crippen MR) is 224 cm³/mol. The lowest BCUT2D eigenvalue weighted by Crippen LogP contribution is -2.51. The van der Waals surface area contributed by atoms with Gasteiger partial charge in [0.2, 0.25) is 5.91 Å². The number of anilines is 3. The Balaban J connectivity index is 1.10. The molecular weight excluding hydrogens is 735 g/mol. The number of ether oxygens (including phenoxy) is 1. The molecule has 0 aliphatic carbocycles. The van der Waals surface area contributed by atoms with Crippen molar-refractivity contribution in [3.63, 3.8) is 0 Å². The number of carbonyl (C=O) groups excluding carboxylic acids is 2. The molecule has 0 radical (unpaired) electrons. The van der Waals surface area contributed by atoms with Crippen LogP contribution >= 0.6 is 11.8 Å². The van der Waals surface area contributed by atoms with Crippen molar-refractivity contribution >= 4 is 52.0 Å². The largest absolute Gasteiger partial charge is 0.453 e. The second-order valence-electron chi connectivity index (χ2n) is 14.5. The van der Waals surface area contributed by atoms with Gasteiger partial charge in [0, 0.05) is 38.8 Å². The Morgan fingerprint density at radius 1 is 0.947 bits per heavy atom. The van der Waals surface area contributed by atoms with E-state index in [0.717, 1.165) is 61.8 Å². The maximum Gasteiger partial charge on any atom is 0.407 e. The van der Waals surface area contributed by atoms with Gasteiger partial charge in [0.05, 0.1) is 36.1 Å². The number of alkyl carbamates (subject to hydrolysis) is 1. The van der Waals surface area contributed by atoms with Gasteiger partial charge in [0.25, 0.3) is 0 Å². The number of nitrogens with zero attached hydrogens (tertiary/aromatic N) is 5. The van der Waals surface area contributed by atoms with E-state index in [4.69, 9.17) is 15.5 Å². The van der Waals surface area contributed by atoms with Gasteiger partial charge in [-0.25, -0.2) is 24.7 Å². The van der Waals surface area contributed by atoms with Crippen LogP contribution in [0.3, 0.4) is 0 Å². The van der Waals surface area contributed by atoms with Crippen LogP contribution in [0.15, 0.2) is 101 Å². The molecule has 0 spiro atoms. The molecule has 0 saturated carbocycles.